The molecule has 0 spiro atoms. The first-order chi connectivity index (χ1) is 8.95. The van der Waals surface area contributed by atoms with E-state index in [1.54, 1.807) is 32.3 Å². The molecule has 1 aromatic rings. The maximum Gasteiger partial charge on any atom is 0.336 e. The quantitative estimate of drug-likeness (QED) is 0.841. The van der Waals surface area contributed by atoms with Gasteiger partial charge in [-0.1, -0.05) is 25.1 Å². The highest BCUT2D eigenvalue weighted by molar-refractivity contribution is 5.89. The Bertz CT molecular complexity index is 458. The van der Waals surface area contributed by atoms with Crippen LogP contribution in [0.1, 0.15) is 22.8 Å². The number of carbonyl (C=O) groups excluding carboxylic acids is 1. The largest absolute Gasteiger partial charge is 0.478 e. The lowest BCUT2D eigenvalue weighted by Crippen LogP contribution is -2.36. The molecular formula is C14H20N2O3. The van der Waals surface area contributed by atoms with Gasteiger partial charge in [0.1, 0.15) is 0 Å². The lowest BCUT2D eigenvalue weighted by Gasteiger charge is -2.22. The zero-order chi connectivity index (χ0) is 14.4. The number of hydrogen-bond donors (Lipinski definition) is 1. The molecule has 104 valence electrons. The minimum absolute atomic E-state index is 0.00894. The molecule has 0 aliphatic rings. The average molecular weight is 264 g/mol. The molecule has 1 aromatic carbocycles. The molecule has 5 nitrogen and oxygen atoms in total. The number of hydrogen-bond acceptors (Lipinski definition) is 3. The summed E-state index contributed by atoms with van der Waals surface area (Å²) in [5.41, 5.74) is 1.02. The third-order valence-electron chi connectivity index (χ3n) is 2.95. The summed E-state index contributed by atoms with van der Waals surface area (Å²) in [7, 11) is 3.42. The number of nitrogens with zero attached hydrogens (tertiary/aromatic N) is 2. The van der Waals surface area contributed by atoms with Crippen LogP contribution in [0.25, 0.3) is 0 Å². The van der Waals surface area contributed by atoms with Crippen LogP contribution >= 0.6 is 0 Å². The fraction of sp³-hybridized carbons (Fsp3) is 0.429. The zero-order valence-corrected chi connectivity index (χ0v) is 11.6. The van der Waals surface area contributed by atoms with Crippen LogP contribution in [0, 0.1) is 0 Å². The van der Waals surface area contributed by atoms with E-state index in [2.05, 4.69) is 0 Å². The maximum atomic E-state index is 11.7. The van der Waals surface area contributed by atoms with Gasteiger partial charge in [-0.3, -0.25) is 9.69 Å². The van der Waals surface area contributed by atoms with Crippen LogP contribution in [-0.2, 0) is 11.3 Å². The third-order valence-corrected chi connectivity index (χ3v) is 2.95. The minimum Gasteiger partial charge on any atom is -0.478 e. The molecule has 0 unspecified atom stereocenters. The van der Waals surface area contributed by atoms with Gasteiger partial charge in [0.25, 0.3) is 0 Å². The van der Waals surface area contributed by atoms with E-state index < -0.39 is 5.97 Å². The van der Waals surface area contributed by atoms with Crippen LogP contribution in [0.4, 0.5) is 0 Å². The molecule has 0 saturated carbocycles. The maximum absolute atomic E-state index is 11.7. The molecule has 1 N–H and O–H groups in total. The summed E-state index contributed by atoms with van der Waals surface area (Å²) in [6, 6.07) is 6.88. The normalized spacial score (nSPS) is 10.5. The number of benzene rings is 1. The number of carbonyl (C=O) groups is 2. The smallest absolute Gasteiger partial charge is 0.336 e. The van der Waals surface area contributed by atoms with Crippen molar-refractivity contribution >= 4 is 11.9 Å². The third kappa shape index (κ3) is 4.37. The van der Waals surface area contributed by atoms with Gasteiger partial charge < -0.3 is 10.0 Å². The monoisotopic (exact) mass is 264 g/mol. The fourth-order valence-corrected chi connectivity index (χ4v) is 1.72. The first kappa shape index (κ1) is 15.2. The van der Waals surface area contributed by atoms with Crippen molar-refractivity contribution in [3.63, 3.8) is 0 Å². The first-order valence-corrected chi connectivity index (χ1v) is 6.19. The minimum atomic E-state index is -0.939. The summed E-state index contributed by atoms with van der Waals surface area (Å²) in [4.78, 5) is 26.3. The summed E-state index contributed by atoms with van der Waals surface area (Å²) in [6.07, 6.45) is 0. The Morgan fingerprint density at radius 2 is 1.84 bits per heavy atom. The van der Waals surface area contributed by atoms with Crippen molar-refractivity contribution in [2.45, 2.75) is 13.5 Å². The highest BCUT2D eigenvalue weighted by Gasteiger charge is 2.15. The Morgan fingerprint density at radius 1 is 1.21 bits per heavy atom. The topological polar surface area (TPSA) is 60.9 Å². The number of likely N-dealkylation sites (N-methyl/N-ethyl adjacent to an activating group) is 2. The van der Waals surface area contributed by atoms with Gasteiger partial charge in [-0.25, -0.2) is 4.79 Å². The van der Waals surface area contributed by atoms with Gasteiger partial charge in [-0.05, 0) is 18.2 Å². The first-order valence-electron chi connectivity index (χ1n) is 6.19. The molecule has 0 saturated heterocycles. The van der Waals surface area contributed by atoms with Gasteiger partial charge in [0.15, 0.2) is 0 Å². The number of carboxylic acids is 1. The van der Waals surface area contributed by atoms with Crippen molar-refractivity contribution in [1.82, 2.24) is 9.80 Å². The molecule has 0 atom stereocenters. The Kier molecular flexibility index (Phi) is 5.51. The van der Waals surface area contributed by atoms with Gasteiger partial charge in [0.2, 0.25) is 5.91 Å². The predicted molar refractivity (Wildman–Crippen MR) is 73.0 cm³/mol. The summed E-state index contributed by atoms with van der Waals surface area (Å²) < 4.78 is 0. The van der Waals surface area contributed by atoms with Gasteiger partial charge in [-0.15, -0.1) is 0 Å². The zero-order valence-electron chi connectivity index (χ0n) is 11.6. The SMILES string of the molecule is CCN(CC(=O)N(C)C)Cc1ccccc1C(=O)O. The number of amides is 1. The Morgan fingerprint density at radius 3 is 2.37 bits per heavy atom. The Balaban J connectivity index is 2.81. The van der Waals surface area contributed by atoms with Gasteiger partial charge in [0, 0.05) is 20.6 Å². The lowest BCUT2D eigenvalue weighted by molar-refractivity contribution is -0.130. The van der Waals surface area contributed by atoms with Gasteiger partial charge >= 0.3 is 5.97 Å². The number of rotatable bonds is 6. The van der Waals surface area contributed by atoms with Crippen LogP contribution in [-0.4, -0.2) is 54.0 Å². The Hall–Kier alpha value is -1.88. The van der Waals surface area contributed by atoms with E-state index in [-0.39, 0.29) is 12.5 Å². The molecule has 0 aliphatic heterocycles. The summed E-state index contributed by atoms with van der Waals surface area (Å²) in [6.45, 7) is 3.38. The molecule has 0 fully saturated rings. The molecule has 0 heterocycles. The standard InChI is InChI=1S/C14H20N2O3/c1-4-16(10-13(17)15(2)3)9-11-7-5-6-8-12(11)14(18)19/h5-8H,4,9-10H2,1-3H3,(H,18,19). The lowest BCUT2D eigenvalue weighted by atomic mass is 10.1. The number of aromatic carboxylic acids is 1. The van der Waals surface area contributed by atoms with E-state index in [1.165, 1.54) is 4.90 Å². The van der Waals surface area contributed by atoms with Crippen molar-refractivity contribution in [1.29, 1.82) is 0 Å². The summed E-state index contributed by atoms with van der Waals surface area (Å²) >= 11 is 0. The van der Waals surface area contributed by atoms with E-state index >= 15 is 0 Å². The van der Waals surface area contributed by atoms with E-state index in [4.69, 9.17) is 5.11 Å². The van der Waals surface area contributed by atoms with Crippen LogP contribution in [0.5, 0.6) is 0 Å². The summed E-state index contributed by atoms with van der Waals surface area (Å²) in [5.74, 6) is -0.930. The van der Waals surface area contributed by atoms with Gasteiger partial charge in [0.05, 0.1) is 12.1 Å². The molecule has 0 radical (unpaired) electrons. The predicted octanol–water partition coefficient (Wildman–Crippen LogP) is 1.29. The summed E-state index contributed by atoms with van der Waals surface area (Å²) in [5, 5.41) is 9.13. The second-order valence-electron chi connectivity index (χ2n) is 4.55. The van der Waals surface area contributed by atoms with E-state index in [1.807, 2.05) is 17.9 Å². The fourth-order valence-electron chi connectivity index (χ4n) is 1.72. The molecule has 0 bridgehead atoms. The molecule has 19 heavy (non-hydrogen) atoms. The molecule has 0 aliphatic carbocycles. The highest BCUT2D eigenvalue weighted by Crippen LogP contribution is 2.11. The Labute approximate surface area is 113 Å². The molecular weight excluding hydrogens is 244 g/mol. The van der Waals surface area contributed by atoms with E-state index in [0.717, 1.165) is 5.56 Å². The molecule has 5 heteroatoms. The molecule has 0 aromatic heterocycles. The second-order valence-corrected chi connectivity index (χ2v) is 4.55. The van der Waals surface area contributed by atoms with Crippen LogP contribution in [0.3, 0.4) is 0 Å². The second kappa shape index (κ2) is 6.89. The average Bonchev–Trinajstić information content (AvgIpc) is 2.37. The van der Waals surface area contributed by atoms with Crippen molar-refractivity contribution < 1.29 is 14.7 Å². The van der Waals surface area contributed by atoms with E-state index in [9.17, 15) is 9.59 Å². The molecule has 1 rings (SSSR count). The van der Waals surface area contributed by atoms with Crippen molar-refractivity contribution in [2.75, 3.05) is 27.2 Å². The van der Waals surface area contributed by atoms with Crippen molar-refractivity contribution in [3.8, 4) is 0 Å². The molecule has 1 amide bonds. The van der Waals surface area contributed by atoms with Crippen molar-refractivity contribution in [2.24, 2.45) is 0 Å². The van der Waals surface area contributed by atoms with E-state index in [0.29, 0.717) is 18.7 Å². The van der Waals surface area contributed by atoms with Gasteiger partial charge in [-0.2, -0.15) is 0 Å². The van der Waals surface area contributed by atoms with Crippen LogP contribution in [0.2, 0.25) is 0 Å². The highest BCUT2D eigenvalue weighted by atomic mass is 16.4. The van der Waals surface area contributed by atoms with Crippen molar-refractivity contribution in [3.05, 3.63) is 35.4 Å². The number of carboxylic acid groups (broad SMARTS) is 1. The van der Waals surface area contributed by atoms with Crippen LogP contribution < -0.4 is 0 Å². The van der Waals surface area contributed by atoms with Crippen LogP contribution in [0.15, 0.2) is 24.3 Å².